The van der Waals surface area contributed by atoms with Crippen LogP contribution in [0, 0.1) is 0 Å². The summed E-state index contributed by atoms with van der Waals surface area (Å²) in [7, 11) is 1.64. The summed E-state index contributed by atoms with van der Waals surface area (Å²) in [5.41, 5.74) is 8.35. The van der Waals surface area contributed by atoms with Crippen LogP contribution in [0.25, 0.3) is 0 Å². The normalized spacial score (nSPS) is 20.9. The van der Waals surface area contributed by atoms with Crippen molar-refractivity contribution in [3.63, 3.8) is 0 Å². The molecule has 3 nitrogen and oxygen atoms in total. The van der Waals surface area contributed by atoms with Crippen molar-refractivity contribution in [3.8, 4) is 11.5 Å². The number of halogens is 1. The van der Waals surface area contributed by atoms with Gasteiger partial charge in [0, 0.05) is 29.1 Å². The molecule has 0 spiro atoms. The minimum absolute atomic E-state index is 0.0367. The molecule has 2 aromatic rings. The average Bonchev–Trinajstić information content (AvgIpc) is 2.47. The molecule has 1 aliphatic heterocycles. The fourth-order valence-corrected chi connectivity index (χ4v) is 2.62. The maximum atomic E-state index is 6.25. The molecule has 0 bridgehead atoms. The van der Waals surface area contributed by atoms with Crippen LogP contribution >= 0.6 is 11.6 Å². The summed E-state index contributed by atoms with van der Waals surface area (Å²) in [6, 6.07) is 13.4. The van der Waals surface area contributed by atoms with Gasteiger partial charge in [0.05, 0.1) is 7.11 Å². The van der Waals surface area contributed by atoms with Crippen LogP contribution in [0.5, 0.6) is 11.5 Å². The molecule has 1 unspecified atom stereocenters. The second-order valence-corrected chi connectivity index (χ2v) is 5.34. The van der Waals surface area contributed by atoms with E-state index in [1.54, 1.807) is 7.11 Å². The minimum atomic E-state index is -0.0538. The van der Waals surface area contributed by atoms with E-state index in [1.807, 2.05) is 42.5 Å². The lowest BCUT2D eigenvalue weighted by molar-refractivity contribution is 0.161. The van der Waals surface area contributed by atoms with E-state index in [-0.39, 0.29) is 12.1 Å². The van der Waals surface area contributed by atoms with Crippen LogP contribution in [0.15, 0.2) is 42.5 Å². The van der Waals surface area contributed by atoms with Gasteiger partial charge in [0.25, 0.3) is 0 Å². The molecule has 0 saturated heterocycles. The summed E-state index contributed by atoms with van der Waals surface area (Å²) in [5, 5.41) is 0.718. The zero-order chi connectivity index (χ0) is 14.1. The van der Waals surface area contributed by atoms with E-state index < -0.39 is 0 Å². The second-order valence-electron chi connectivity index (χ2n) is 4.90. The van der Waals surface area contributed by atoms with Gasteiger partial charge < -0.3 is 15.2 Å². The molecule has 0 amide bonds. The third-order valence-electron chi connectivity index (χ3n) is 3.60. The predicted molar refractivity (Wildman–Crippen MR) is 79.4 cm³/mol. The predicted octanol–water partition coefficient (Wildman–Crippen LogP) is 3.87. The van der Waals surface area contributed by atoms with E-state index in [1.165, 1.54) is 0 Å². The molecule has 0 radical (unpaired) electrons. The molecular formula is C16H16ClNO2. The summed E-state index contributed by atoms with van der Waals surface area (Å²) in [6.07, 6.45) is 0.697. The number of benzene rings is 2. The van der Waals surface area contributed by atoms with Crippen molar-refractivity contribution in [2.24, 2.45) is 5.73 Å². The third kappa shape index (κ3) is 2.47. The highest BCUT2D eigenvalue weighted by molar-refractivity contribution is 6.30. The van der Waals surface area contributed by atoms with Gasteiger partial charge in [-0.25, -0.2) is 0 Å². The number of fused-ring (bicyclic) bond motifs is 1. The lowest BCUT2D eigenvalue weighted by Crippen LogP contribution is -2.24. The Bertz CT molecular complexity index is 612. The minimum Gasteiger partial charge on any atom is -0.497 e. The smallest absolute Gasteiger partial charge is 0.128 e. The Kier molecular flexibility index (Phi) is 3.55. The third-order valence-corrected chi connectivity index (χ3v) is 3.85. The molecule has 104 valence electrons. The molecule has 2 aromatic carbocycles. The van der Waals surface area contributed by atoms with Gasteiger partial charge in [0.1, 0.15) is 17.6 Å². The Labute approximate surface area is 123 Å². The van der Waals surface area contributed by atoms with Crippen molar-refractivity contribution in [1.82, 2.24) is 0 Å². The largest absolute Gasteiger partial charge is 0.497 e. The van der Waals surface area contributed by atoms with Gasteiger partial charge in [0.15, 0.2) is 0 Å². The van der Waals surface area contributed by atoms with Crippen molar-refractivity contribution in [3.05, 3.63) is 58.6 Å². The van der Waals surface area contributed by atoms with E-state index in [2.05, 4.69) is 0 Å². The van der Waals surface area contributed by atoms with E-state index in [9.17, 15) is 0 Å². The Hall–Kier alpha value is -1.71. The van der Waals surface area contributed by atoms with Gasteiger partial charge in [-0.15, -0.1) is 0 Å². The second kappa shape index (κ2) is 5.35. The van der Waals surface area contributed by atoms with Crippen LogP contribution in [0.4, 0.5) is 0 Å². The van der Waals surface area contributed by atoms with E-state index >= 15 is 0 Å². The zero-order valence-electron chi connectivity index (χ0n) is 11.2. The maximum Gasteiger partial charge on any atom is 0.128 e. The summed E-state index contributed by atoms with van der Waals surface area (Å²) < 4.78 is 11.3. The zero-order valence-corrected chi connectivity index (χ0v) is 11.9. The van der Waals surface area contributed by atoms with Crippen LogP contribution in [0.2, 0.25) is 5.02 Å². The monoisotopic (exact) mass is 289 g/mol. The van der Waals surface area contributed by atoms with Gasteiger partial charge in [-0.05, 0) is 23.8 Å². The Morgan fingerprint density at radius 3 is 2.65 bits per heavy atom. The highest BCUT2D eigenvalue weighted by atomic mass is 35.5. The summed E-state index contributed by atoms with van der Waals surface area (Å²) in [4.78, 5) is 0. The van der Waals surface area contributed by atoms with E-state index in [0.717, 1.165) is 34.1 Å². The number of nitrogens with two attached hydrogens (primary N) is 1. The first-order valence-electron chi connectivity index (χ1n) is 6.53. The molecule has 0 aromatic heterocycles. The van der Waals surface area contributed by atoms with Crippen molar-refractivity contribution >= 4 is 11.6 Å². The van der Waals surface area contributed by atoms with Crippen molar-refractivity contribution in [1.29, 1.82) is 0 Å². The Morgan fingerprint density at radius 2 is 1.95 bits per heavy atom. The number of methoxy groups -OCH3 is 1. The van der Waals surface area contributed by atoms with E-state index in [0.29, 0.717) is 0 Å². The molecule has 20 heavy (non-hydrogen) atoms. The molecule has 4 heteroatoms. The molecule has 0 saturated carbocycles. The molecule has 2 atom stereocenters. The van der Waals surface area contributed by atoms with Crippen LogP contribution in [-0.2, 0) is 0 Å². The summed E-state index contributed by atoms with van der Waals surface area (Å²) >= 11 is 5.92. The maximum absolute atomic E-state index is 6.25. The van der Waals surface area contributed by atoms with Crippen LogP contribution in [0.1, 0.15) is 29.7 Å². The highest BCUT2D eigenvalue weighted by Gasteiger charge is 2.27. The van der Waals surface area contributed by atoms with E-state index in [4.69, 9.17) is 26.8 Å². The van der Waals surface area contributed by atoms with Crippen molar-refractivity contribution in [2.75, 3.05) is 7.11 Å². The lowest BCUT2D eigenvalue weighted by atomic mass is 9.93. The molecule has 0 fully saturated rings. The first-order valence-corrected chi connectivity index (χ1v) is 6.91. The fraction of sp³-hybridized carbons (Fsp3) is 0.250. The topological polar surface area (TPSA) is 44.5 Å². The SMILES string of the molecule is COc1ccc2c(c1)OC(c1ccc(Cl)cc1)C[C@@H]2N. The van der Waals surface area contributed by atoms with Crippen LogP contribution in [-0.4, -0.2) is 7.11 Å². The summed E-state index contributed by atoms with van der Waals surface area (Å²) in [6.45, 7) is 0. The number of ether oxygens (including phenoxy) is 2. The molecular weight excluding hydrogens is 274 g/mol. The van der Waals surface area contributed by atoms with Gasteiger partial charge in [-0.1, -0.05) is 29.8 Å². The van der Waals surface area contributed by atoms with Crippen molar-refractivity contribution in [2.45, 2.75) is 18.6 Å². The first kappa shape index (κ1) is 13.3. The van der Waals surface area contributed by atoms with Gasteiger partial charge >= 0.3 is 0 Å². The van der Waals surface area contributed by atoms with Crippen LogP contribution in [0.3, 0.4) is 0 Å². The number of rotatable bonds is 2. The van der Waals surface area contributed by atoms with Crippen LogP contribution < -0.4 is 15.2 Å². The number of hydrogen-bond donors (Lipinski definition) is 1. The Morgan fingerprint density at radius 1 is 1.20 bits per heavy atom. The molecule has 2 N–H and O–H groups in total. The Balaban J connectivity index is 1.92. The van der Waals surface area contributed by atoms with Gasteiger partial charge in [-0.3, -0.25) is 0 Å². The fourth-order valence-electron chi connectivity index (χ4n) is 2.49. The average molecular weight is 290 g/mol. The standard InChI is InChI=1S/C16H16ClNO2/c1-19-12-6-7-13-14(18)9-15(20-16(13)8-12)10-2-4-11(17)5-3-10/h2-8,14-15H,9,18H2,1H3/t14-,15?/m0/s1. The molecule has 1 heterocycles. The molecule has 0 aliphatic carbocycles. The highest BCUT2D eigenvalue weighted by Crippen LogP contribution is 2.41. The van der Waals surface area contributed by atoms with Gasteiger partial charge in [-0.2, -0.15) is 0 Å². The van der Waals surface area contributed by atoms with Crippen molar-refractivity contribution < 1.29 is 9.47 Å². The quantitative estimate of drug-likeness (QED) is 0.913. The number of hydrogen-bond acceptors (Lipinski definition) is 3. The molecule has 3 rings (SSSR count). The van der Waals surface area contributed by atoms with Gasteiger partial charge in [0.2, 0.25) is 0 Å². The lowest BCUT2D eigenvalue weighted by Gasteiger charge is -2.30. The summed E-state index contributed by atoms with van der Waals surface area (Å²) in [5.74, 6) is 1.57. The first-order chi connectivity index (χ1) is 9.67. The molecule has 1 aliphatic rings.